The number of rotatable bonds is 3. The molecule has 0 aliphatic rings. The van der Waals surface area contributed by atoms with Crippen molar-refractivity contribution in [2.45, 2.75) is 23.8 Å². The largest absolute Gasteiger partial charge is 0.449 e. The van der Waals surface area contributed by atoms with Crippen LogP contribution in [0.2, 0.25) is 10.0 Å². The van der Waals surface area contributed by atoms with Crippen molar-refractivity contribution in [3.05, 3.63) is 27.7 Å². The van der Waals surface area contributed by atoms with Crippen molar-refractivity contribution in [2.75, 3.05) is 5.32 Å². The number of amides is 1. The van der Waals surface area contributed by atoms with Gasteiger partial charge < -0.3 is 0 Å². The second-order valence-electron chi connectivity index (χ2n) is 4.65. The van der Waals surface area contributed by atoms with E-state index in [4.69, 9.17) is 23.2 Å². The highest BCUT2D eigenvalue weighted by molar-refractivity contribution is 8.00. The molecule has 1 heterocycles. The van der Waals surface area contributed by atoms with E-state index in [-0.39, 0.29) is 5.69 Å². The molecule has 2 rings (SSSR count). The lowest BCUT2D eigenvalue weighted by atomic mass is 10.2. The predicted octanol–water partition coefficient (Wildman–Crippen LogP) is 5.16. The van der Waals surface area contributed by atoms with Crippen LogP contribution in [-0.4, -0.2) is 26.2 Å². The molecular formula is C12H6Cl2F6N4OS. The summed E-state index contributed by atoms with van der Waals surface area (Å²) in [6, 6.07) is 1.05. The van der Waals surface area contributed by atoms with Crippen LogP contribution in [0.15, 0.2) is 17.3 Å². The van der Waals surface area contributed by atoms with Gasteiger partial charge in [-0.15, -0.1) is 5.10 Å². The molecule has 1 N–H and O–H groups in total. The molecule has 0 saturated heterocycles. The molecule has 2 aromatic rings. The number of aromatic nitrogens is 3. The number of benzene rings is 1. The summed E-state index contributed by atoms with van der Waals surface area (Å²) in [5.41, 5.74) is -6.26. The second-order valence-corrected chi connectivity index (χ2v) is 6.49. The number of carbonyl (C=O) groups excluding carboxylic acids is 1. The Hall–Kier alpha value is -1.66. The quantitative estimate of drug-likeness (QED) is 0.530. The Morgan fingerprint density at radius 2 is 1.69 bits per heavy atom. The Kier molecular flexibility index (Phi) is 5.69. The van der Waals surface area contributed by atoms with Crippen molar-refractivity contribution in [3.8, 4) is 5.69 Å². The molecule has 26 heavy (non-hydrogen) atoms. The number of alkyl halides is 6. The van der Waals surface area contributed by atoms with Gasteiger partial charge in [-0.05, 0) is 12.1 Å². The zero-order valence-electron chi connectivity index (χ0n) is 12.3. The summed E-state index contributed by atoms with van der Waals surface area (Å²) in [7, 11) is 0. The van der Waals surface area contributed by atoms with E-state index in [1.54, 1.807) is 0 Å². The summed E-state index contributed by atoms with van der Waals surface area (Å²) in [6.45, 7) is 1.05. The maximum absolute atomic E-state index is 12.8. The Morgan fingerprint density at radius 1 is 1.15 bits per heavy atom. The van der Waals surface area contributed by atoms with Gasteiger partial charge in [-0.1, -0.05) is 23.2 Å². The fourth-order valence-electron chi connectivity index (χ4n) is 1.77. The summed E-state index contributed by atoms with van der Waals surface area (Å²) < 4.78 is 76.5. The number of carbonyl (C=O) groups is 1. The number of hydrogen-bond acceptors (Lipinski definition) is 4. The number of nitrogens with zero attached hydrogens (tertiary/aromatic N) is 3. The summed E-state index contributed by atoms with van der Waals surface area (Å²) in [5, 5.41) is 3.71. The Balaban J connectivity index is 2.61. The molecule has 0 radical (unpaired) electrons. The van der Waals surface area contributed by atoms with Gasteiger partial charge in [0.05, 0.1) is 15.6 Å². The van der Waals surface area contributed by atoms with E-state index in [9.17, 15) is 31.1 Å². The summed E-state index contributed by atoms with van der Waals surface area (Å²) in [4.78, 5) is 14.7. The first kappa shape index (κ1) is 20.6. The summed E-state index contributed by atoms with van der Waals surface area (Å²) >= 11 is 10.9. The normalized spacial score (nSPS) is 12.3. The van der Waals surface area contributed by atoms with E-state index in [0.29, 0.717) is 16.8 Å². The lowest BCUT2D eigenvalue weighted by molar-refractivity contribution is -0.137. The maximum atomic E-state index is 12.8. The zero-order chi connectivity index (χ0) is 19.9. The van der Waals surface area contributed by atoms with E-state index in [1.165, 1.54) is 0 Å². The van der Waals surface area contributed by atoms with Gasteiger partial charge in [0.2, 0.25) is 17.0 Å². The van der Waals surface area contributed by atoms with Crippen LogP contribution in [0.4, 0.5) is 32.3 Å². The van der Waals surface area contributed by atoms with E-state index in [2.05, 4.69) is 15.4 Å². The van der Waals surface area contributed by atoms with Crippen LogP contribution in [0.3, 0.4) is 0 Å². The van der Waals surface area contributed by atoms with Crippen molar-refractivity contribution < 1.29 is 31.1 Å². The molecule has 0 spiro atoms. The molecule has 0 atom stereocenters. The van der Waals surface area contributed by atoms with Gasteiger partial charge in [0.1, 0.15) is 5.69 Å². The van der Waals surface area contributed by atoms with Gasteiger partial charge in [0, 0.05) is 18.7 Å². The van der Waals surface area contributed by atoms with Crippen LogP contribution in [0.1, 0.15) is 12.5 Å². The Labute approximate surface area is 155 Å². The number of halogens is 8. The molecule has 0 aliphatic carbocycles. The molecule has 0 bridgehead atoms. The van der Waals surface area contributed by atoms with Crippen molar-refractivity contribution in [3.63, 3.8) is 0 Å². The standard InChI is InChI=1S/C12H6Cl2F6N4OS/c1-4(25)21-9-22-10(26-12(18,19)20)23-24(9)8-6(13)2-5(3-7(8)14)11(15,16)17/h2-3H,1H3,(H,21,22,23,25). The average molecular weight is 439 g/mol. The Bertz CT molecular complexity index is 828. The second kappa shape index (κ2) is 7.16. The lowest BCUT2D eigenvalue weighted by Gasteiger charge is -2.13. The van der Waals surface area contributed by atoms with E-state index >= 15 is 0 Å². The first-order chi connectivity index (χ1) is 11.8. The number of anilines is 1. The third kappa shape index (κ3) is 4.95. The number of hydrogen-bond donors (Lipinski definition) is 1. The topological polar surface area (TPSA) is 59.8 Å². The van der Waals surface area contributed by atoms with Gasteiger partial charge in [-0.2, -0.15) is 36.0 Å². The molecule has 0 fully saturated rings. The number of thioether (sulfide) groups is 1. The van der Waals surface area contributed by atoms with E-state index in [0.717, 1.165) is 6.92 Å². The van der Waals surface area contributed by atoms with Crippen molar-refractivity contribution in [2.24, 2.45) is 0 Å². The smallest absolute Gasteiger partial charge is 0.295 e. The molecule has 142 valence electrons. The van der Waals surface area contributed by atoms with Crippen molar-refractivity contribution in [1.82, 2.24) is 14.8 Å². The van der Waals surface area contributed by atoms with Crippen LogP contribution >= 0.6 is 35.0 Å². The molecule has 0 unspecified atom stereocenters. The van der Waals surface area contributed by atoms with Gasteiger partial charge in [0.15, 0.2) is 0 Å². The van der Waals surface area contributed by atoms with E-state index in [1.807, 2.05) is 0 Å². The van der Waals surface area contributed by atoms with Gasteiger partial charge in [-0.25, -0.2) is 0 Å². The average Bonchev–Trinajstić information content (AvgIpc) is 2.76. The Morgan fingerprint density at radius 3 is 2.12 bits per heavy atom. The minimum absolute atomic E-state index is 0.369. The molecule has 5 nitrogen and oxygen atoms in total. The lowest BCUT2D eigenvalue weighted by Crippen LogP contribution is -2.13. The van der Waals surface area contributed by atoms with E-state index < -0.39 is 56.1 Å². The fourth-order valence-corrected chi connectivity index (χ4v) is 2.87. The van der Waals surface area contributed by atoms with Crippen LogP contribution in [-0.2, 0) is 11.0 Å². The van der Waals surface area contributed by atoms with Crippen LogP contribution in [0, 0.1) is 0 Å². The number of nitrogens with one attached hydrogen (secondary N) is 1. The minimum atomic E-state index is -4.74. The monoisotopic (exact) mass is 438 g/mol. The highest BCUT2D eigenvalue weighted by Gasteiger charge is 2.34. The van der Waals surface area contributed by atoms with Crippen molar-refractivity contribution >= 4 is 46.8 Å². The molecule has 0 aliphatic heterocycles. The van der Waals surface area contributed by atoms with Crippen molar-refractivity contribution in [1.29, 1.82) is 0 Å². The predicted molar refractivity (Wildman–Crippen MR) is 82.6 cm³/mol. The first-order valence-electron chi connectivity index (χ1n) is 6.35. The molecule has 14 heteroatoms. The fraction of sp³-hybridized carbons (Fsp3) is 0.250. The minimum Gasteiger partial charge on any atom is -0.295 e. The molecule has 1 aromatic heterocycles. The first-order valence-corrected chi connectivity index (χ1v) is 7.92. The molecule has 1 aromatic carbocycles. The van der Waals surface area contributed by atoms with Gasteiger partial charge in [-0.3, -0.25) is 10.1 Å². The van der Waals surface area contributed by atoms with Gasteiger partial charge >= 0.3 is 11.7 Å². The third-order valence-electron chi connectivity index (χ3n) is 2.64. The highest BCUT2D eigenvalue weighted by atomic mass is 35.5. The van der Waals surface area contributed by atoms with Gasteiger partial charge in [0.25, 0.3) is 0 Å². The SMILES string of the molecule is CC(=O)Nc1nc(SC(F)(F)F)nn1-c1c(Cl)cc(C(F)(F)F)cc1Cl. The van der Waals surface area contributed by atoms with Crippen LogP contribution in [0.5, 0.6) is 0 Å². The summed E-state index contributed by atoms with van der Waals surface area (Å²) in [5.74, 6) is -1.20. The molecule has 1 amide bonds. The maximum Gasteiger partial charge on any atom is 0.449 e. The van der Waals surface area contributed by atoms with Crippen LogP contribution in [0.25, 0.3) is 5.69 Å². The molecular weight excluding hydrogens is 433 g/mol. The highest BCUT2D eigenvalue weighted by Crippen LogP contribution is 2.40. The molecule has 0 saturated carbocycles. The summed E-state index contributed by atoms with van der Waals surface area (Å²) in [6.07, 6.45) is -4.74. The zero-order valence-corrected chi connectivity index (χ0v) is 14.7. The third-order valence-corrected chi connectivity index (χ3v) is 3.80. The van der Waals surface area contributed by atoms with Crippen LogP contribution < -0.4 is 5.32 Å².